The zero-order valence-corrected chi connectivity index (χ0v) is 10.7. The number of nitrogens with one attached hydrogen (secondary N) is 1. The third kappa shape index (κ3) is 2.08. The van der Waals surface area contributed by atoms with Gasteiger partial charge >= 0.3 is 6.03 Å². The molecular weight excluding hydrogens is 226 g/mol. The Balaban J connectivity index is 1.66. The van der Waals surface area contributed by atoms with Gasteiger partial charge in [-0.2, -0.15) is 0 Å². The normalized spacial score (nSPS) is 23.9. The van der Waals surface area contributed by atoms with Gasteiger partial charge in [-0.1, -0.05) is 24.3 Å². The molecule has 2 amide bonds. The molecule has 2 aliphatic heterocycles. The van der Waals surface area contributed by atoms with Crippen LogP contribution in [0.3, 0.4) is 0 Å². The maximum Gasteiger partial charge on any atom is 0.317 e. The standard InChI is InChI=1S/C14H19N3O/c1-11-4-2-3-5-12(11)9-16-6-7-17-13(10-16)8-15-14(17)18/h2-5,13H,6-10H2,1H3,(H,15,18). The van der Waals surface area contributed by atoms with Crippen LogP contribution in [-0.4, -0.2) is 48.1 Å². The lowest BCUT2D eigenvalue weighted by Crippen LogP contribution is -2.51. The molecule has 2 aliphatic rings. The second kappa shape index (κ2) is 4.61. The molecule has 1 aromatic carbocycles. The number of amides is 2. The lowest BCUT2D eigenvalue weighted by molar-refractivity contribution is 0.116. The zero-order valence-electron chi connectivity index (χ0n) is 10.7. The number of fused-ring (bicyclic) bond motifs is 1. The van der Waals surface area contributed by atoms with Crippen molar-refractivity contribution in [1.29, 1.82) is 0 Å². The van der Waals surface area contributed by atoms with Crippen LogP contribution in [0.4, 0.5) is 4.79 Å². The predicted molar refractivity (Wildman–Crippen MR) is 70.3 cm³/mol. The quantitative estimate of drug-likeness (QED) is 0.850. The number of nitrogens with zero attached hydrogens (tertiary/aromatic N) is 2. The third-order valence-electron chi connectivity index (χ3n) is 3.97. The summed E-state index contributed by atoms with van der Waals surface area (Å²) in [4.78, 5) is 15.9. The minimum Gasteiger partial charge on any atom is -0.336 e. The highest BCUT2D eigenvalue weighted by Gasteiger charge is 2.35. The van der Waals surface area contributed by atoms with E-state index < -0.39 is 0 Å². The summed E-state index contributed by atoms with van der Waals surface area (Å²) in [7, 11) is 0. The van der Waals surface area contributed by atoms with Gasteiger partial charge in [-0.25, -0.2) is 4.79 Å². The van der Waals surface area contributed by atoms with Crippen LogP contribution in [0.2, 0.25) is 0 Å². The van der Waals surface area contributed by atoms with Crippen LogP contribution in [0.25, 0.3) is 0 Å². The average Bonchev–Trinajstić information content (AvgIpc) is 2.74. The van der Waals surface area contributed by atoms with Crippen molar-refractivity contribution in [2.24, 2.45) is 0 Å². The van der Waals surface area contributed by atoms with Crippen molar-refractivity contribution in [1.82, 2.24) is 15.1 Å². The molecule has 96 valence electrons. The largest absolute Gasteiger partial charge is 0.336 e. The molecular formula is C14H19N3O. The molecule has 4 heteroatoms. The van der Waals surface area contributed by atoms with Crippen LogP contribution < -0.4 is 5.32 Å². The molecule has 0 aromatic heterocycles. The number of piperazine rings is 1. The van der Waals surface area contributed by atoms with Crippen molar-refractivity contribution in [3.63, 3.8) is 0 Å². The monoisotopic (exact) mass is 245 g/mol. The average molecular weight is 245 g/mol. The molecule has 18 heavy (non-hydrogen) atoms. The summed E-state index contributed by atoms with van der Waals surface area (Å²) in [6.07, 6.45) is 0. The van der Waals surface area contributed by atoms with E-state index in [1.807, 2.05) is 4.90 Å². The topological polar surface area (TPSA) is 35.6 Å². The Bertz CT molecular complexity index is 460. The van der Waals surface area contributed by atoms with E-state index in [0.717, 1.165) is 32.7 Å². The fourth-order valence-corrected chi connectivity index (χ4v) is 2.84. The Morgan fingerprint density at radius 3 is 3.00 bits per heavy atom. The number of aryl methyl sites for hydroxylation is 1. The van der Waals surface area contributed by atoms with E-state index in [1.54, 1.807) is 0 Å². The molecule has 0 bridgehead atoms. The molecule has 1 unspecified atom stereocenters. The molecule has 1 atom stereocenters. The van der Waals surface area contributed by atoms with E-state index in [2.05, 4.69) is 41.4 Å². The van der Waals surface area contributed by atoms with E-state index in [0.29, 0.717) is 6.04 Å². The van der Waals surface area contributed by atoms with E-state index in [4.69, 9.17) is 0 Å². The summed E-state index contributed by atoms with van der Waals surface area (Å²) in [6.45, 7) is 6.74. The Labute approximate surface area is 108 Å². The fourth-order valence-electron chi connectivity index (χ4n) is 2.84. The second-order valence-corrected chi connectivity index (χ2v) is 5.19. The second-order valence-electron chi connectivity index (χ2n) is 5.19. The molecule has 2 heterocycles. The highest BCUT2D eigenvalue weighted by atomic mass is 16.2. The predicted octanol–water partition coefficient (Wildman–Crippen LogP) is 1.20. The van der Waals surface area contributed by atoms with Crippen molar-refractivity contribution in [2.75, 3.05) is 26.2 Å². The van der Waals surface area contributed by atoms with E-state index in [1.165, 1.54) is 11.1 Å². The number of urea groups is 1. The van der Waals surface area contributed by atoms with Crippen LogP contribution in [0.1, 0.15) is 11.1 Å². The molecule has 3 rings (SSSR count). The van der Waals surface area contributed by atoms with Gasteiger partial charge in [0, 0.05) is 32.7 Å². The van der Waals surface area contributed by atoms with Crippen molar-refractivity contribution in [2.45, 2.75) is 19.5 Å². The van der Waals surface area contributed by atoms with Gasteiger partial charge in [0.15, 0.2) is 0 Å². The minimum atomic E-state index is 0.107. The van der Waals surface area contributed by atoms with Gasteiger partial charge < -0.3 is 10.2 Å². The van der Waals surface area contributed by atoms with Gasteiger partial charge in [0.25, 0.3) is 0 Å². The van der Waals surface area contributed by atoms with Gasteiger partial charge in [0.05, 0.1) is 6.04 Å². The van der Waals surface area contributed by atoms with Crippen molar-refractivity contribution >= 4 is 6.03 Å². The van der Waals surface area contributed by atoms with Gasteiger partial charge in [0.2, 0.25) is 0 Å². The molecule has 2 saturated heterocycles. The van der Waals surface area contributed by atoms with E-state index in [-0.39, 0.29) is 6.03 Å². The molecule has 0 spiro atoms. The van der Waals surface area contributed by atoms with Crippen LogP contribution in [0, 0.1) is 6.92 Å². The first kappa shape index (κ1) is 11.5. The lowest BCUT2D eigenvalue weighted by Gasteiger charge is -2.36. The maximum absolute atomic E-state index is 11.5. The smallest absolute Gasteiger partial charge is 0.317 e. The minimum absolute atomic E-state index is 0.107. The number of carbonyl (C=O) groups is 1. The molecule has 1 N–H and O–H groups in total. The summed E-state index contributed by atoms with van der Waals surface area (Å²) >= 11 is 0. The summed E-state index contributed by atoms with van der Waals surface area (Å²) < 4.78 is 0. The van der Waals surface area contributed by atoms with Gasteiger partial charge in [-0.3, -0.25) is 4.90 Å². The number of benzene rings is 1. The van der Waals surface area contributed by atoms with Crippen molar-refractivity contribution in [3.05, 3.63) is 35.4 Å². The highest BCUT2D eigenvalue weighted by molar-refractivity contribution is 5.77. The van der Waals surface area contributed by atoms with Gasteiger partial charge in [-0.05, 0) is 18.1 Å². The molecule has 0 aliphatic carbocycles. The first-order valence-corrected chi connectivity index (χ1v) is 6.55. The summed E-state index contributed by atoms with van der Waals surface area (Å²) in [5.74, 6) is 0. The highest BCUT2D eigenvalue weighted by Crippen LogP contribution is 2.17. The fraction of sp³-hybridized carbons (Fsp3) is 0.500. The summed E-state index contributed by atoms with van der Waals surface area (Å²) in [5.41, 5.74) is 2.74. The molecule has 2 fully saturated rings. The van der Waals surface area contributed by atoms with Crippen LogP contribution in [0.5, 0.6) is 0 Å². The number of hydrogen-bond donors (Lipinski definition) is 1. The first-order valence-electron chi connectivity index (χ1n) is 6.55. The number of hydrogen-bond acceptors (Lipinski definition) is 2. The summed E-state index contributed by atoms with van der Waals surface area (Å²) in [5, 5.41) is 2.92. The first-order chi connectivity index (χ1) is 8.74. The van der Waals surface area contributed by atoms with E-state index in [9.17, 15) is 4.79 Å². The molecule has 0 radical (unpaired) electrons. The van der Waals surface area contributed by atoms with Crippen LogP contribution >= 0.6 is 0 Å². The number of carbonyl (C=O) groups excluding carboxylic acids is 1. The Kier molecular flexibility index (Phi) is 2.96. The Hall–Kier alpha value is -1.55. The maximum atomic E-state index is 11.5. The van der Waals surface area contributed by atoms with Gasteiger partial charge in [-0.15, -0.1) is 0 Å². The van der Waals surface area contributed by atoms with Crippen molar-refractivity contribution in [3.8, 4) is 0 Å². The van der Waals surface area contributed by atoms with Crippen LogP contribution in [-0.2, 0) is 6.54 Å². The lowest BCUT2D eigenvalue weighted by atomic mass is 10.1. The third-order valence-corrected chi connectivity index (χ3v) is 3.97. The van der Waals surface area contributed by atoms with Crippen molar-refractivity contribution < 1.29 is 4.79 Å². The molecule has 0 saturated carbocycles. The molecule has 4 nitrogen and oxygen atoms in total. The SMILES string of the molecule is Cc1ccccc1CN1CCN2C(=O)NCC2C1. The number of rotatable bonds is 2. The molecule has 1 aromatic rings. The zero-order chi connectivity index (χ0) is 12.5. The summed E-state index contributed by atoms with van der Waals surface area (Å²) in [6, 6.07) is 8.99. The van der Waals surface area contributed by atoms with Crippen LogP contribution in [0.15, 0.2) is 24.3 Å². The Morgan fingerprint density at radius 1 is 1.33 bits per heavy atom. The van der Waals surface area contributed by atoms with Gasteiger partial charge in [0.1, 0.15) is 0 Å². The van der Waals surface area contributed by atoms with E-state index >= 15 is 0 Å². The Morgan fingerprint density at radius 2 is 2.17 bits per heavy atom.